The van der Waals surface area contributed by atoms with Gasteiger partial charge < -0.3 is 10.5 Å². The molecule has 0 unspecified atom stereocenters. The van der Waals surface area contributed by atoms with E-state index < -0.39 is 0 Å². The largest absolute Gasteiger partial charge is 0.424 e. The number of aryl methyl sites for hydroxylation is 1. The van der Waals surface area contributed by atoms with Crippen molar-refractivity contribution in [3.05, 3.63) is 46.2 Å². The summed E-state index contributed by atoms with van der Waals surface area (Å²) in [5, 5.41) is 7.31. The standard InChI is InChI=1S/C12H11BrN4O/c1-7-2-3-8(13)6-10(7)18-12-16-5-4-9(17-12)11(14)15/h2-6H,1H3,(H3,14,15). The smallest absolute Gasteiger partial charge is 0.322 e. The van der Waals surface area contributed by atoms with Gasteiger partial charge in [-0.15, -0.1) is 0 Å². The summed E-state index contributed by atoms with van der Waals surface area (Å²) in [4.78, 5) is 8.03. The first-order valence-corrected chi connectivity index (χ1v) is 5.97. The zero-order valence-electron chi connectivity index (χ0n) is 9.64. The maximum absolute atomic E-state index is 7.31. The molecule has 2 aromatic rings. The van der Waals surface area contributed by atoms with Crippen LogP contribution in [0.5, 0.6) is 11.8 Å². The average Bonchev–Trinajstić information content (AvgIpc) is 2.34. The SMILES string of the molecule is Cc1ccc(Br)cc1Oc1nccc(C(=N)N)n1. The lowest BCUT2D eigenvalue weighted by Crippen LogP contribution is -2.13. The van der Waals surface area contributed by atoms with Crippen molar-refractivity contribution in [2.75, 3.05) is 0 Å². The predicted octanol–water partition coefficient (Wildman–Crippen LogP) is 2.62. The van der Waals surface area contributed by atoms with Crippen molar-refractivity contribution < 1.29 is 4.74 Å². The van der Waals surface area contributed by atoms with Crippen molar-refractivity contribution in [2.45, 2.75) is 6.92 Å². The number of hydrogen-bond donors (Lipinski definition) is 2. The van der Waals surface area contributed by atoms with Crippen LogP contribution in [0, 0.1) is 12.3 Å². The maximum atomic E-state index is 7.31. The summed E-state index contributed by atoms with van der Waals surface area (Å²) in [6, 6.07) is 7.41. The molecule has 0 atom stereocenters. The van der Waals surface area contributed by atoms with E-state index in [9.17, 15) is 0 Å². The Morgan fingerprint density at radius 2 is 2.17 bits per heavy atom. The van der Waals surface area contributed by atoms with Gasteiger partial charge in [0.25, 0.3) is 0 Å². The summed E-state index contributed by atoms with van der Waals surface area (Å²) in [6.07, 6.45) is 1.51. The molecule has 0 saturated carbocycles. The average molecular weight is 307 g/mol. The number of rotatable bonds is 3. The highest BCUT2D eigenvalue weighted by molar-refractivity contribution is 9.10. The first-order valence-electron chi connectivity index (χ1n) is 5.17. The van der Waals surface area contributed by atoms with Crippen LogP contribution in [0.3, 0.4) is 0 Å². The second-order valence-corrected chi connectivity index (χ2v) is 4.57. The molecule has 5 nitrogen and oxygen atoms in total. The molecule has 0 radical (unpaired) electrons. The minimum absolute atomic E-state index is 0.117. The zero-order valence-corrected chi connectivity index (χ0v) is 11.2. The Kier molecular flexibility index (Phi) is 3.57. The molecule has 2 rings (SSSR count). The van der Waals surface area contributed by atoms with Gasteiger partial charge in [0.05, 0.1) is 0 Å². The minimum atomic E-state index is -0.117. The predicted molar refractivity (Wildman–Crippen MR) is 72.0 cm³/mol. The molecule has 0 fully saturated rings. The van der Waals surface area contributed by atoms with Crippen LogP contribution in [0.15, 0.2) is 34.9 Å². The number of aromatic nitrogens is 2. The van der Waals surface area contributed by atoms with Gasteiger partial charge in [-0.1, -0.05) is 22.0 Å². The molecule has 3 N–H and O–H groups in total. The van der Waals surface area contributed by atoms with E-state index >= 15 is 0 Å². The number of nitrogens with one attached hydrogen (secondary N) is 1. The zero-order chi connectivity index (χ0) is 13.1. The molecule has 1 aromatic carbocycles. The van der Waals surface area contributed by atoms with Crippen LogP contribution in [0.2, 0.25) is 0 Å². The lowest BCUT2D eigenvalue weighted by molar-refractivity contribution is 0.438. The van der Waals surface area contributed by atoms with E-state index in [1.165, 1.54) is 6.20 Å². The van der Waals surface area contributed by atoms with Crippen molar-refractivity contribution >= 4 is 21.8 Å². The number of nitrogens with zero attached hydrogens (tertiary/aromatic N) is 2. The topological polar surface area (TPSA) is 84.9 Å². The number of amidine groups is 1. The fraction of sp³-hybridized carbons (Fsp3) is 0.0833. The van der Waals surface area contributed by atoms with E-state index in [0.717, 1.165) is 10.0 Å². The van der Waals surface area contributed by atoms with Gasteiger partial charge >= 0.3 is 6.01 Å². The van der Waals surface area contributed by atoms with Crippen LogP contribution in [0.4, 0.5) is 0 Å². The fourth-order valence-electron chi connectivity index (χ4n) is 1.32. The van der Waals surface area contributed by atoms with E-state index in [1.54, 1.807) is 6.07 Å². The van der Waals surface area contributed by atoms with Crippen molar-refractivity contribution in [2.24, 2.45) is 5.73 Å². The summed E-state index contributed by atoms with van der Waals surface area (Å²) in [6.45, 7) is 1.93. The molecule has 0 aliphatic heterocycles. The molecule has 6 heteroatoms. The Labute approximate surface area is 113 Å². The molecule has 0 bridgehead atoms. The molecule has 0 saturated heterocycles. The third kappa shape index (κ3) is 2.84. The Hall–Kier alpha value is -1.95. The molecule has 0 spiro atoms. The number of ether oxygens (including phenoxy) is 1. The third-order valence-electron chi connectivity index (χ3n) is 2.26. The molecule has 18 heavy (non-hydrogen) atoms. The summed E-state index contributed by atoms with van der Waals surface area (Å²) in [5.74, 6) is 0.540. The number of halogens is 1. The number of nitrogen functional groups attached to an aromatic ring is 1. The Balaban J connectivity index is 2.31. The normalized spacial score (nSPS) is 10.1. The van der Waals surface area contributed by atoms with E-state index in [1.807, 2.05) is 25.1 Å². The molecule has 0 amide bonds. The van der Waals surface area contributed by atoms with E-state index in [-0.39, 0.29) is 11.8 Å². The quantitative estimate of drug-likeness (QED) is 0.674. The van der Waals surface area contributed by atoms with E-state index in [0.29, 0.717) is 11.4 Å². The Morgan fingerprint density at radius 3 is 2.89 bits per heavy atom. The van der Waals surface area contributed by atoms with Crippen molar-refractivity contribution in [1.29, 1.82) is 5.41 Å². The molecular weight excluding hydrogens is 296 g/mol. The Bertz CT molecular complexity index is 600. The lowest BCUT2D eigenvalue weighted by atomic mass is 10.2. The second-order valence-electron chi connectivity index (χ2n) is 3.65. The molecule has 1 heterocycles. The fourth-order valence-corrected chi connectivity index (χ4v) is 1.66. The van der Waals surface area contributed by atoms with Crippen LogP contribution in [0.25, 0.3) is 0 Å². The monoisotopic (exact) mass is 306 g/mol. The molecule has 0 aliphatic carbocycles. The van der Waals surface area contributed by atoms with Crippen LogP contribution in [0.1, 0.15) is 11.3 Å². The van der Waals surface area contributed by atoms with Crippen LogP contribution < -0.4 is 10.5 Å². The van der Waals surface area contributed by atoms with Gasteiger partial charge in [0.2, 0.25) is 0 Å². The summed E-state index contributed by atoms with van der Waals surface area (Å²) in [7, 11) is 0. The number of benzene rings is 1. The highest BCUT2D eigenvalue weighted by atomic mass is 79.9. The molecular formula is C12H11BrN4O. The minimum Gasteiger partial charge on any atom is -0.424 e. The number of nitrogens with two attached hydrogens (primary N) is 1. The number of hydrogen-bond acceptors (Lipinski definition) is 4. The maximum Gasteiger partial charge on any atom is 0.322 e. The highest BCUT2D eigenvalue weighted by Gasteiger charge is 2.06. The first-order chi connectivity index (χ1) is 8.56. The van der Waals surface area contributed by atoms with Gasteiger partial charge in [-0.3, -0.25) is 5.41 Å². The van der Waals surface area contributed by atoms with Gasteiger partial charge in [-0.2, -0.15) is 4.98 Å². The van der Waals surface area contributed by atoms with Gasteiger partial charge in [-0.05, 0) is 30.7 Å². The summed E-state index contributed by atoms with van der Waals surface area (Å²) in [5.41, 5.74) is 6.67. The Morgan fingerprint density at radius 1 is 1.39 bits per heavy atom. The molecule has 92 valence electrons. The van der Waals surface area contributed by atoms with Crippen molar-refractivity contribution in [1.82, 2.24) is 9.97 Å². The van der Waals surface area contributed by atoms with Gasteiger partial charge in [0.15, 0.2) is 0 Å². The molecule has 0 aliphatic rings. The van der Waals surface area contributed by atoms with E-state index in [4.69, 9.17) is 15.9 Å². The van der Waals surface area contributed by atoms with Crippen molar-refractivity contribution in [3.8, 4) is 11.8 Å². The summed E-state index contributed by atoms with van der Waals surface area (Å²) >= 11 is 3.37. The van der Waals surface area contributed by atoms with E-state index in [2.05, 4.69) is 25.9 Å². The van der Waals surface area contributed by atoms with Crippen LogP contribution >= 0.6 is 15.9 Å². The van der Waals surface area contributed by atoms with Gasteiger partial charge in [0.1, 0.15) is 17.3 Å². The van der Waals surface area contributed by atoms with Gasteiger partial charge in [0, 0.05) is 10.7 Å². The third-order valence-corrected chi connectivity index (χ3v) is 2.75. The summed E-state index contributed by atoms with van der Waals surface area (Å²) < 4.78 is 6.48. The lowest BCUT2D eigenvalue weighted by Gasteiger charge is -2.07. The van der Waals surface area contributed by atoms with Gasteiger partial charge in [-0.25, -0.2) is 4.98 Å². The second kappa shape index (κ2) is 5.14. The molecule has 1 aromatic heterocycles. The first kappa shape index (κ1) is 12.5. The van der Waals surface area contributed by atoms with Crippen LogP contribution in [-0.2, 0) is 0 Å². The van der Waals surface area contributed by atoms with Crippen molar-refractivity contribution in [3.63, 3.8) is 0 Å². The highest BCUT2D eigenvalue weighted by Crippen LogP contribution is 2.26. The van der Waals surface area contributed by atoms with Crippen LogP contribution in [-0.4, -0.2) is 15.8 Å².